The molecule has 1 amide bonds. The number of aromatic nitrogens is 3. The van der Waals surface area contributed by atoms with Gasteiger partial charge in [0.25, 0.3) is 0 Å². The first-order chi connectivity index (χ1) is 10.2. The molecule has 0 fully saturated rings. The third kappa shape index (κ3) is 3.13. The minimum absolute atomic E-state index is 0.00901. The van der Waals surface area contributed by atoms with Crippen LogP contribution in [-0.4, -0.2) is 27.7 Å². The lowest BCUT2D eigenvalue weighted by Crippen LogP contribution is -2.32. The summed E-state index contributed by atoms with van der Waals surface area (Å²) in [5, 5.41) is 9.25. The van der Waals surface area contributed by atoms with Gasteiger partial charge in [-0.2, -0.15) is 4.98 Å². The van der Waals surface area contributed by atoms with Gasteiger partial charge >= 0.3 is 0 Å². The lowest BCUT2D eigenvalue weighted by atomic mass is 9.96. The number of carbonyl (C=O) groups is 1. The van der Waals surface area contributed by atoms with Crippen molar-refractivity contribution in [2.24, 2.45) is 5.92 Å². The summed E-state index contributed by atoms with van der Waals surface area (Å²) in [7, 11) is 0. The van der Waals surface area contributed by atoms with Crippen molar-refractivity contribution in [1.29, 1.82) is 0 Å². The number of ether oxygens (including phenoxy) is 1. The molecule has 4 N–H and O–H groups in total. The molecule has 2 aromatic rings. The first-order valence-corrected chi connectivity index (χ1v) is 6.87. The predicted octanol–water partition coefficient (Wildman–Crippen LogP) is 0.644. The Kier molecular flexibility index (Phi) is 3.72. The molecule has 2 heterocycles. The summed E-state index contributed by atoms with van der Waals surface area (Å²) in [6, 6.07) is 7.83. The number of carbonyl (C=O) groups excluding carboxylic acids is 1. The van der Waals surface area contributed by atoms with Crippen molar-refractivity contribution in [3.63, 3.8) is 0 Å². The molecular formula is C14H17N5O2. The number of hydrogen-bond acceptors (Lipinski definition) is 5. The van der Waals surface area contributed by atoms with Crippen LogP contribution in [0.1, 0.15) is 17.8 Å². The monoisotopic (exact) mass is 287 g/mol. The van der Waals surface area contributed by atoms with E-state index in [0.29, 0.717) is 31.8 Å². The summed E-state index contributed by atoms with van der Waals surface area (Å²) in [6.07, 6.45) is 1.37. The van der Waals surface area contributed by atoms with E-state index in [1.807, 2.05) is 24.3 Å². The first kappa shape index (κ1) is 13.4. The molecule has 0 saturated heterocycles. The number of H-pyrrole nitrogens is 1. The maximum absolute atomic E-state index is 12.3. The minimum Gasteiger partial charge on any atom is -0.493 e. The van der Waals surface area contributed by atoms with Crippen molar-refractivity contribution in [2.75, 3.05) is 12.3 Å². The Hall–Kier alpha value is -2.57. The summed E-state index contributed by atoms with van der Waals surface area (Å²) in [6.45, 7) is 0.840. The Morgan fingerprint density at radius 3 is 3.14 bits per heavy atom. The van der Waals surface area contributed by atoms with Crippen LogP contribution in [0.4, 0.5) is 5.95 Å². The van der Waals surface area contributed by atoms with Gasteiger partial charge in [0.2, 0.25) is 11.9 Å². The molecule has 0 radical (unpaired) electrons. The van der Waals surface area contributed by atoms with Gasteiger partial charge in [0, 0.05) is 5.92 Å². The van der Waals surface area contributed by atoms with Gasteiger partial charge in [-0.25, -0.2) is 0 Å². The van der Waals surface area contributed by atoms with E-state index in [1.165, 1.54) is 0 Å². The van der Waals surface area contributed by atoms with Gasteiger partial charge in [0.15, 0.2) is 0 Å². The number of para-hydroxylation sites is 1. The topological polar surface area (TPSA) is 106 Å². The summed E-state index contributed by atoms with van der Waals surface area (Å²) in [4.78, 5) is 16.2. The van der Waals surface area contributed by atoms with Crippen LogP contribution in [0.15, 0.2) is 24.3 Å². The SMILES string of the molecule is Nc1n[nH]c(CNC(=O)[C@@H]2CCOc3ccccc3C2)n1. The lowest BCUT2D eigenvalue weighted by molar-refractivity contribution is -0.125. The quantitative estimate of drug-likeness (QED) is 0.768. The highest BCUT2D eigenvalue weighted by Crippen LogP contribution is 2.26. The van der Waals surface area contributed by atoms with E-state index in [-0.39, 0.29) is 17.8 Å². The average molecular weight is 287 g/mol. The van der Waals surface area contributed by atoms with Gasteiger partial charge in [-0.3, -0.25) is 9.89 Å². The van der Waals surface area contributed by atoms with E-state index in [0.717, 1.165) is 11.3 Å². The Morgan fingerprint density at radius 1 is 1.48 bits per heavy atom. The highest BCUT2D eigenvalue weighted by molar-refractivity contribution is 5.79. The number of nitrogens with one attached hydrogen (secondary N) is 2. The van der Waals surface area contributed by atoms with Crippen LogP contribution in [0.25, 0.3) is 0 Å². The van der Waals surface area contributed by atoms with Gasteiger partial charge in [-0.15, -0.1) is 5.10 Å². The molecule has 0 aliphatic carbocycles. The van der Waals surface area contributed by atoms with Crippen LogP contribution in [-0.2, 0) is 17.8 Å². The second-order valence-corrected chi connectivity index (χ2v) is 5.00. The fraction of sp³-hybridized carbons (Fsp3) is 0.357. The Bertz CT molecular complexity index is 640. The van der Waals surface area contributed by atoms with E-state index < -0.39 is 0 Å². The molecule has 1 aliphatic heterocycles. The molecule has 1 atom stereocenters. The largest absolute Gasteiger partial charge is 0.493 e. The first-order valence-electron chi connectivity index (χ1n) is 6.87. The number of benzene rings is 1. The Labute approximate surface area is 121 Å². The highest BCUT2D eigenvalue weighted by atomic mass is 16.5. The molecule has 1 aliphatic rings. The molecule has 21 heavy (non-hydrogen) atoms. The number of rotatable bonds is 3. The number of hydrogen-bond donors (Lipinski definition) is 3. The molecule has 110 valence electrons. The number of anilines is 1. The number of nitrogens with zero attached hydrogens (tertiary/aromatic N) is 2. The van der Waals surface area contributed by atoms with Crippen LogP contribution in [0.5, 0.6) is 5.75 Å². The highest BCUT2D eigenvalue weighted by Gasteiger charge is 2.23. The lowest BCUT2D eigenvalue weighted by Gasteiger charge is -2.13. The number of nitrogens with two attached hydrogens (primary N) is 1. The van der Waals surface area contributed by atoms with Crippen LogP contribution >= 0.6 is 0 Å². The zero-order valence-corrected chi connectivity index (χ0v) is 11.5. The van der Waals surface area contributed by atoms with Gasteiger partial charge in [0.05, 0.1) is 13.2 Å². The van der Waals surface area contributed by atoms with Crippen LogP contribution in [0.2, 0.25) is 0 Å². The molecule has 3 rings (SSSR count). The molecule has 7 heteroatoms. The molecule has 0 bridgehead atoms. The van der Waals surface area contributed by atoms with E-state index in [4.69, 9.17) is 10.5 Å². The fourth-order valence-electron chi connectivity index (χ4n) is 2.42. The third-order valence-electron chi connectivity index (χ3n) is 3.51. The van der Waals surface area contributed by atoms with Crippen molar-refractivity contribution in [2.45, 2.75) is 19.4 Å². The minimum atomic E-state index is -0.103. The van der Waals surface area contributed by atoms with Crippen molar-refractivity contribution >= 4 is 11.9 Å². The number of fused-ring (bicyclic) bond motifs is 1. The smallest absolute Gasteiger partial charge is 0.239 e. The number of aromatic amines is 1. The van der Waals surface area contributed by atoms with Gasteiger partial charge in [0.1, 0.15) is 11.6 Å². The molecular weight excluding hydrogens is 270 g/mol. The van der Waals surface area contributed by atoms with Crippen molar-refractivity contribution in [1.82, 2.24) is 20.5 Å². The molecule has 0 spiro atoms. The van der Waals surface area contributed by atoms with Gasteiger partial charge in [-0.05, 0) is 24.5 Å². The van der Waals surface area contributed by atoms with Gasteiger partial charge in [-0.1, -0.05) is 18.2 Å². The van der Waals surface area contributed by atoms with E-state index in [2.05, 4.69) is 20.5 Å². The fourth-order valence-corrected chi connectivity index (χ4v) is 2.42. The zero-order chi connectivity index (χ0) is 14.7. The third-order valence-corrected chi connectivity index (χ3v) is 3.51. The maximum Gasteiger partial charge on any atom is 0.239 e. The Morgan fingerprint density at radius 2 is 2.33 bits per heavy atom. The molecule has 0 unspecified atom stereocenters. The second kappa shape index (κ2) is 5.82. The van der Waals surface area contributed by atoms with Crippen LogP contribution < -0.4 is 15.8 Å². The Balaban J connectivity index is 1.62. The van der Waals surface area contributed by atoms with Crippen molar-refractivity contribution in [3.8, 4) is 5.75 Å². The summed E-state index contributed by atoms with van der Waals surface area (Å²) >= 11 is 0. The van der Waals surface area contributed by atoms with Crippen LogP contribution in [0.3, 0.4) is 0 Å². The van der Waals surface area contributed by atoms with Crippen LogP contribution in [0, 0.1) is 5.92 Å². The van der Waals surface area contributed by atoms with Crippen molar-refractivity contribution in [3.05, 3.63) is 35.7 Å². The predicted molar refractivity (Wildman–Crippen MR) is 76.4 cm³/mol. The van der Waals surface area contributed by atoms with E-state index >= 15 is 0 Å². The van der Waals surface area contributed by atoms with E-state index in [9.17, 15) is 4.79 Å². The molecule has 7 nitrogen and oxygen atoms in total. The zero-order valence-electron chi connectivity index (χ0n) is 11.5. The molecule has 1 aromatic heterocycles. The maximum atomic E-state index is 12.3. The van der Waals surface area contributed by atoms with E-state index in [1.54, 1.807) is 0 Å². The number of nitrogen functional groups attached to an aromatic ring is 1. The molecule has 0 saturated carbocycles. The second-order valence-electron chi connectivity index (χ2n) is 5.00. The normalized spacial score (nSPS) is 17.4. The number of amides is 1. The molecule has 1 aromatic carbocycles. The van der Waals surface area contributed by atoms with Crippen molar-refractivity contribution < 1.29 is 9.53 Å². The average Bonchev–Trinajstić information content (AvgIpc) is 2.79. The summed E-state index contributed by atoms with van der Waals surface area (Å²) in [5.74, 6) is 1.48. The summed E-state index contributed by atoms with van der Waals surface area (Å²) in [5.41, 5.74) is 6.49. The summed E-state index contributed by atoms with van der Waals surface area (Å²) < 4.78 is 5.67. The standard InChI is InChI=1S/C14H17N5O2/c15-14-17-12(18-19-14)8-16-13(20)10-5-6-21-11-4-2-1-3-9(11)7-10/h1-4,10H,5-8H2,(H,16,20)(H3,15,17,18,19)/t10-/m1/s1. The van der Waals surface area contributed by atoms with Gasteiger partial charge < -0.3 is 15.8 Å².